The molecule has 2 aliphatic heterocycles. The van der Waals surface area contributed by atoms with E-state index < -0.39 is 0 Å². The summed E-state index contributed by atoms with van der Waals surface area (Å²) in [4.78, 5) is 2.31. The Bertz CT molecular complexity index is 213. The van der Waals surface area contributed by atoms with E-state index in [1.54, 1.807) is 0 Å². The van der Waals surface area contributed by atoms with Crippen LogP contribution in [-0.2, 0) is 9.47 Å². The second kappa shape index (κ2) is 5.96. The zero-order valence-corrected chi connectivity index (χ0v) is 10.4. The highest BCUT2D eigenvalue weighted by molar-refractivity contribution is 4.79. The maximum Gasteiger partial charge on any atom is 0.0935 e. The molecule has 2 aliphatic rings. The zero-order chi connectivity index (χ0) is 11.4. The number of nitrogens with zero attached hydrogens (tertiary/aromatic N) is 1. The lowest BCUT2D eigenvalue weighted by atomic mass is 10.0. The molecule has 0 aromatic carbocycles. The van der Waals surface area contributed by atoms with Crippen molar-refractivity contribution in [3.63, 3.8) is 0 Å². The Balaban J connectivity index is 1.69. The molecule has 0 aliphatic carbocycles. The molecule has 0 amide bonds. The summed E-state index contributed by atoms with van der Waals surface area (Å²) >= 11 is 0. The van der Waals surface area contributed by atoms with Crippen molar-refractivity contribution in [2.45, 2.75) is 38.0 Å². The molecule has 16 heavy (non-hydrogen) atoms. The monoisotopic (exact) mass is 228 g/mol. The van der Waals surface area contributed by atoms with E-state index in [-0.39, 0.29) is 6.10 Å². The molecule has 94 valence electrons. The third-order valence-electron chi connectivity index (χ3n) is 3.53. The van der Waals surface area contributed by atoms with Crippen LogP contribution in [0.15, 0.2) is 0 Å². The predicted molar refractivity (Wildman–Crippen MR) is 63.7 cm³/mol. The molecule has 0 bridgehead atoms. The smallest absolute Gasteiger partial charge is 0.0935 e. The third-order valence-corrected chi connectivity index (χ3v) is 3.53. The number of morpholine rings is 1. The van der Waals surface area contributed by atoms with Gasteiger partial charge in [-0.25, -0.2) is 0 Å². The van der Waals surface area contributed by atoms with Crippen molar-refractivity contribution in [2.24, 2.45) is 0 Å². The van der Waals surface area contributed by atoms with Crippen LogP contribution in [0.25, 0.3) is 0 Å². The molecule has 2 rings (SSSR count). The minimum absolute atomic E-state index is 0.257. The van der Waals surface area contributed by atoms with Gasteiger partial charge in [0.1, 0.15) is 0 Å². The Morgan fingerprint density at radius 3 is 3.12 bits per heavy atom. The van der Waals surface area contributed by atoms with Gasteiger partial charge in [0, 0.05) is 19.1 Å². The van der Waals surface area contributed by atoms with Gasteiger partial charge in [-0.3, -0.25) is 0 Å². The van der Waals surface area contributed by atoms with Gasteiger partial charge in [-0.15, -0.1) is 0 Å². The summed E-state index contributed by atoms with van der Waals surface area (Å²) in [6.45, 7) is 6.94. The van der Waals surface area contributed by atoms with Crippen molar-refractivity contribution >= 4 is 0 Å². The first-order valence-electron chi connectivity index (χ1n) is 6.41. The number of rotatable bonds is 3. The molecule has 0 spiro atoms. The van der Waals surface area contributed by atoms with Gasteiger partial charge in [0.05, 0.1) is 25.4 Å². The van der Waals surface area contributed by atoms with E-state index in [4.69, 9.17) is 9.47 Å². The zero-order valence-electron chi connectivity index (χ0n) is 10.4. The molecule has 1 N–H and O–H groups in total. The van der Waals surface area contributed by atoms with Gasteiger partial charge in [0.25, 0.3) is 0 Å². The number of ether oxygens (including phenoxy) is 2. The molecule has 2 fully saturated rings. The van der Waals surface area contributed by atoms with Crippen LogP contribution in [0.3, 0.4) is 0 Å². The van der Waals surface area contributed by atoms with Crippen LogP contribution < -0.4 is 5.32 Å². The molecule has 3 unspecified atom stereocenters. The van der Waals surface area contributed by atoms with Crippen LogP contribution in [0, 0.1) is 0 Å². The minimum Gasteiger partial charge on any atom is -0.374 e. The Morgan fingerprint density at radius 1 is 1.50 bits per heavy atom. The van der Waals surface area contributed by atoms with Gasteiger partial charge in [0.2, 0.25) is 0 Å². The highest BCUT2D eigenvalue weighted by Crippen LogP contribution is 2.14. The largest absolute Gasteiger partial charge is 0.374 e. The molecule has 3 atom stereocenters. The molecular formula is C12H24N2O2. The molecule has 0 saturated carbocycles. The molecular weight excluding hydrogens is 204 g/mol. The van der Waals surface area contributed by atoms with Crippen molar-refractivity contribution < 1.29 is 9.47 Å². The maximum atomic E-state index is 5.97. The first kappa shape index (κ1) is 12.3. The van der Waals surface area contributed by atoms with Crippen LogP contribution in [0.2, 0.25) is 0 Å². The molecule has 4 nitrogen and oxygen atoms in total. The highest BCUT2D eigenvalue weighted by atomic mass is 16.5. The second-order valence-electron chi connectivity index (χ2n) is 5.01. The number of hydrogen-bond acceptors (Lipinski definition) is 4. The fraction of sp³-hybridized carbons (Fsp3) is 1.00. The quantitative estimate of drug-likeness (QED) is 0.761. The number of piperidine rings is 1. The minimum atomic E-state index is 0.257. The van der Waals surface area contributed by atoms with E-state index in [0.717, 1.165) is 32.8 Å². The third kappa shape index (κ3) is 3.42. The van der Waals surface area contributed by atoms with Crippen molar-refractivity contribution in [3.8, 4) is 0 Å². The number of likely N-dealkylation sites (N-methyl/N-ethyl adjacent to an activating group) is 1. The Kier molecular flexibility index (Phi) is 4.58. The molecule has 4 heteroatoms. The molecule has 0 aromatic heterocycles. The summed E-state index contributed by atoms with van der Waals surface area (Å²) < 4.78 is 11.7. The number of nitrogens with one attached hydrogen (secondary N) is 1. The summed E-state index contributed by atoms with van der Waals surface area (Å²) in [6.07, 6.45) is 3.02. The second-order valence-corrected chi connectivity index (χ2v) is 5.01. The van der Waals surface area contributed by atoms with Gasteiger partial charge < -0.3 is 19.7 Å². The number of hydrogen-bond donors (Lipinski definition) is 1. The average molecular weight is 228 g/mol. The average Bonchev–Trinajstić information content (AvgIpc) is 2.28. The molecule has 0 radical (unpaired) electrons. The van der Waals surface area contributed by atoms with Gasteiger partial charge in [-0.2, -0.15) is 0 Å². The summed E-state index contributed by atoms with van der Waals surface area (Å²) in [7, 11) is 2.14. The van der Waals surface area contributed by atoms with E-state index >= 15 is 0 Å². The Labute approximate surface area is 98.3 Å². The fourth-order valence-electron chi connectivity index (χ4n) is 2.44. The topological polar surface area (TPSA) is 33.7 Å². The lowest BCUT2D eigenvalue weighted by Gasteiger charge is -2.34. The first-order chi connectivity index (χ1) is 7.75. The van der Waals surface area contributed by atoms with Crippen molar-refractivity contribution in [1.82, 2.24) is 10.2 Å². The Hall–Kier alpha value is -0.160. The van der Waals surface area contributed by atoms with E-state index in [1.165, 1.54) is 12.8 Å². The first-order valence-corrected chi connectivity index (χ1v) is 6.41. The standard InChI is InChI=1S/C12H24N2O2/c1-10-12(4-3-5-13-10)16-9-11-8-14(2)6-7-15-11/h10-13H,3-9H2,1-2H3. The summed E-state index contributed by atoms with van der Waals surface area (Å²) in [6, 6.07) is 0.482. The maximum absolute atomic E-state index is 5.97. The van der Waals surface area contributed by atoms with Crippen LogP contribution in [0.4, 0.5) is 0 Å². The van der Waals surface area contributed by atoms with Crippen molar-refractivity contribution in [2.75, 3.05) is 39.9 Å². The van der Waals surface area contributed by atoms with Crippen LogP contribution in [0.5, 0.6) is 0 Å². The molecule has 2 saturated heterocycles. The van der Waals surface area contributed by atoms with Gasteiger partial charge in [-0.1, -0.05) is 0 Å². The Morgan fingerprint density at radius 2 is 2.38 bits per heavy atom. The van der Waals surface area contributed by atoms with E-state index in [1.807, 2.05) is 0 Å². The summed E-state index contributed by atoms with van der Waals surface area (Å²) in [5, 5.41) is 3.45. The lowest BCUT2D eigenvalue weighted by Crippen LogP contribution is -2.47. The highest BCUT2D eigenvalue weighted by Gasteiger charge is 2.24. The summed E-state index contributed by atoms with van der Waals surface area (Å²) in [5.41, 5.74) is 0. The van der Waals surface area contributed by atoms with Crippen LogP contribution >= 0.6 is 0 Å². The normalized spacial score (nSPS) is 37.5. The fourth-order valence-corrected chi connectivity index (χ4v) is 2.44. The van der Waals surface area contributed by atoms with Gasteiger partial charge in [-0.05, 0) is 33.4 Å². The van der Waals surface area contributed by atoms with Crippen LogP contribution in [-0.4, -0.2) is 63.0 Å². The molecule has 2 heterocycles. The summed E-state index contributed by atoms with van der Waals surface area (Å²) in [5.74, 6) is 0. The van der Waals surface area contributed by atoms with E-state index in [2.05, 4.69) is 24.2 Å². The predicted octanol–water partition coefficient (Wildman–Crippen LogP) is 0.474. The SMILES string of the molecule is CC1NCCCC1OCC1CN(C)CCO1. The van der Waals surface area contributed by atoms with Crippen molar-refractivity contribution in [3.05, 3.63) is 0 Å². The van der Waals surface area contributed by atoms with E-state index in [9.17, 15) is 0 Å². The van der Waals surface area contributed by atoms with Gasteiger partial charge >= 0.3 is 0 Å². The van der Waals surface area contributed by atoms with Gasteiger partial charge in [0.15, 0.2) is 0 Å². The van der Waals surface area contributed by atoms with Crippen molar-refractivity contribution in [1.29, 1.82) is 0 Å². The molecule has 0 aromatic rings. The lowest BCUT2D eigenvalue weighted by molar-refractivity contribution is -0.0896. The van der Waals surface area contributed by atoms with Crippen LogP contribution in [0.1, 0.15) is 19.8 Å². The van der Waals surface area contributed by atoms with E-state index in [0.29, 0.717) is 12.1 Å².